The van der Waals surface area contributed by atoms with Crippen molar-refractivity contribution in [2.45, 2.75) is 70.3 Å². The first kappa shape index (κ1) is 25.8. The van der Waals surface area contributed by atoms with Crippen LogP contribution < -0.4 is 9.47 Å². The van der Waals surface area contributed by atoms with Crippen LogP contribution in [-0.4, -0.2) is 18.2 Å². The highest BCUT2D eigenvalue weighted by molar-refractivity contribution is 5.78. The van der Waals surface area contributed by atoms with E-state index in [9.17, 15) is 9.90 Å². The Morgan fingerprint density at radius 3 is 2.51 bits per heavy atom. The first-order valence-electron chi connectivity index (χ1n) is 13.8. The Hall–Kier alpha value is -3.41. The fraction of sp³-hybridized carbons (Fsp3) is 0.424. The van der Waals surface area contributed by atoms with Crippen molar-refractivity contribution in [2.24, 2.45) is 11.3 Å². The summed E-state index contributed by atoms with van der Waals surface area (Å²) in [4.78, 5) is 11.6. The van der Waals surface area contributed by atoms with Gasteiger partial charge in [0.15, 0.2) is 0 Å². The van der Waals surface area contributed by atoms with Gasteiger partial charge in [0.25, 0.3) is 0 Å². The molecule has 2 saturated carbocycles. The normalized spacial score (nSPS) is 24.5. The van der Waals surface area contributed by atoms with Gasteiger partial charge in [-0.25, -0.2) is 8.78 Å². The lowest BCUT2D eigenvalue weighted by atomic mass is 9.75. The zero-order valence-electron chi connectivity index (χ0n) is 22.7. The predicted octanol–water partition coefficient (Wildman–Crippen LogP) is 7.80. The molecule has 4 nitrogen and oxygen atoms in total. The summed E-state index contributed by atoms with van der Waals surface area (Å²) in [5, 5.41) is 9.56. The molecular formula is C33H34F2O4. The molecule has 39 heavy (non-hydrogen) atoms. The number of methoxy groups -OCH3 is 1. The average molecular weight is 533 g/mol. The quantitative estimate of drug-likeness (QED) is 0.337. The number of hydrogen-bond acceptors (Lipinski definition) is 3. The minimum Gasteiger partial charge on any atom is -0.497 e. The van der Waals surface area contributed by atoms with Crippen molar-refractivity contribution in [1.82, 2.24) is 0 Å². The standard InChI is InChI=1S/C33H34F2O4/c1-32(2)11-4-5-25(32)23-13-19(14-29(35)30(23)24-15-21(38-3)8-9-28(24)34)18-39-22-7-6-20-10-12-33(26(20)16-22)17-27(33)31(36)37/h6-9,13-16,25,27H,4-5,10-12,17-18H2,1-3H3,(H,36,37)/t25?,27-,33-/m0/s1. The molecule has 2 fully saturated rings. The molecule has 0 amide bonds. The molecule has 0 aliphatic heterocycles. The minimum absolute atomic E-state index is 0.0464. The van der Waals surface area contributed by atoms with E-state index in [2.05, 4.69) is 13.8 Å². The Balaban J connectivity index is 1.34. The highest BCUT2D eigenvalue weighted by Crippen LogP contribution is 2.62. The number of rotatable bonds is 7. The van der Waals surface area contributed by atoms with Crippen molar-refractivity contribution in [1.29, 1.82) is 0 Å². The van der Waals surface area contributed by atoms with Gasteiger partial charge in [-0.15, -0.1) is 0 Å². The van der Waals surface area contributed by atoms with Gasteiger partial charge in [-0.1, -0.05) is 32.4 Å². The van der Waals surface area contributed by atoms with Gasteiger partial charge in [0.1, 0.15) is 29.7 Å². The number of aryl methyl sites for hydroxylation is 1. The lowest BCUT2D eigenvalue weighted by Gasteiger charge is -2.30. The summed E-state index contributed by atoms with van der Waals surface area (Å²) in [5.41, 5.74) is 3.94. The van der Waals surface area contributed by atoms with Crippen LogP contribution in [0, 0.1) is 23.0 Å². The highest BCUT2D eigenvalue weighted by Gasteiger charge is 2.61. The van der Waals surface area contributed by atoms with Crippen molar-refractivity contribution < 1.29 is 28.2 Å². The number of halogens is 2. The molecule has 3 aromatic rings. The lowest BCUT2D eigenvalue weighted by Crippen LogP contribution is -2.17. The van der Waals surface area contributed by atoms with Gasteiger partial charge in [0, 0.05) is 16.5 Å². The van der Waals surface area contributed by atoms with Gasteiger partial charge in [-0.2, -0.15) is 0 Å². The van der Waals surface area contributed by atoms with Crippen LogP contribution in [0.2, 0.25) is 0 Å². The number of aliphatic carboxylic acids is 1. The van der Waals surface area contributed by atoms with Gasteiger partial charge in [0.05, 0.1) is 13.0 Å². The first-order chi connectivity index (χ1) is 18.6. The van der Waals surface area contributed by atoms with Crippen LogP contribution in [0.25, 0.3) is 11.1 Å². The van der Waals surface area contributed by atoms with E-state index in [-0.39, 0.29) is 34.8 Å². The third-order valence-electron chi connectivity index (χ3n) is 9.49. The fourth-order valence-electron chi connectivity index (χ4n) is 7.24. The first-order valence-corrected chi connectivity index (χ1v) is 13.8. The number of carbonyl (C=O) groups is 1. The van der Waals surface area contributed by atoms with E-state index in [0.29, 0.717) is 29.0 Å². The molecule has 1 N–H and O–H groups in total. The van der Waals surface area contributed by atoms with Crippen LogP contribution in [0.1, 0.15) is 74.1 Å². The molecule has 1 spiro atoms. The molecule has 3 aliphatic rings. The molecule has 1 unspecified atom stereocenters. The van der Waals surface area contributed by atoms with E-state index < -0.39 is 17.6 Å². The van der Waals surface area contributed by atoms with Crippen molar-refractivity contribution in [3.8, 4) is 22.6 Å². The van der Waals surface area contributed by atoms with Gasteiger partial charge >= 0.3 is 5.97 Å². The van der Waals surface area contributed by atoms with E-state index in [0.717, 1.165) is 43.2 Å². The second-order valence-electron chi connectivity index (χ2n) is 12.2. The Kier molecular flexibility index (Phi) is 6.20. The average Bonchev–Trinajstić information content (AvgIpc) is 3.39. The molecular weight excluding hydrogens is 498 g/mol. The number of ether oxygens (including phenoxy) is 2. The van der Waals surface area contributed by atoms with Crippen LogP contribution >= 0.6 is 0 Å². The summed E-state index contributed by atoms with van der Waals surface area (Å²) >= 11 is 0. The van der Waals surface area contributed by atoms with E-state index in [4.69, 9.17) is 9.47 Å². The molecule has 3 aromatic carbocycles. The molecule has 204 valence electrons. The van der Waals surface area contributed by atoms with E-state index in [1.165, 1.54) is 24.8 Å². The Labute approximate surface area is 228 Å². The monoisotopic (exact) mass is 532 g/mol. The lowest BCUT2D eigenvalue weighted by molar-refractivity contribution is -0.139. The Bertz CT molecular complexity index is 1460. The van der Waals surface area contributed by atoms with Crippen LogP contribution in [0.3, 0.4) is 0 Å². The largest absolute Gasteiger partial charge is 0.497 e. The number of fused-ring (bicyclic) bond motifs is 2. The third-order valence-corrected chi connectivity index (χ3v) is 9.49. The van der Waals surface area contributed by atoms with Crippen molar-refractivity contribution in [3.05, 3.63) is 82.4 Å². The summed E-state index contributed by atoms with van der Waals surface area (Å²) in [6.45, 7) is 4.55. The summed E-state index contributed by atoms with van der Waals surface area (Å²) in [5.74, 6) is -0.819. The molecule has 3 aliphatic carbocycles. The molecule has 0 saturated heterocycles. The van der Waals surface area contributed by atoms with Crippen LogP contribution in [0.4, 0.5) is 8.78 Å². The zero-order chi connectivity index (χ0) is 27.5. The van der Waals surface area contributed by atoms with Crippen molar-refractivity contribution in [3.63, 3.8) is 0 Å². The highest BCUT2D eigenvalue weighted by atomic mass is 19.1. The second-order valence-corrected chi connectivity index (χ2v) is 12.2. The summed E-state index contributed by atoms with van der Waals surface area (Å²) < 4.78 is 42.5. The summed E-state index contributed by atoms with van der Waals surface area (Å²) in [6, 6.07) is 13.8. The maximum Gasteiger partial charge on any atom is 0.307 e. The smallest absolute Gasteiger partial charge is 0.307 e. The molecule has 0 aromatic heterocycles. The summed E-state index contributed by atoms with van der Waals surface area (Å²) in [7, 11) is 1.51. The molecule has 3 atom stereocenters. The molecule has 0 heterocycles. The van der Waals surface area contributed by atoms with E-state index in [1.54, 1.807) is 12.1 Å². The maximum atomic E-state index is 15.9. The molecule has 0 radical (unpaired) electrons. The van der Waals surface area contributed by atoms with Crippen LogP contribution in [0.15, 0.2) is 48.5 Å². The number of benzene rings is 3. The summed E-state index contributed by atoms with van der Waals surface area (Å²) in [6.07, 6.45) is 5.38. The number of hydrogen-bond donors (Lipinski definition) is 1. The van der Waals surface area contributed by atoms with Gasteiger partial charge in [-0.3, -0.25) is 4.79 Å². The molecule has 6 rings (SSSR count). The van der Waals surface area contributed by atoms with E-state index in [1.807, 2.05) is 24.3 Å². The molecule has 6 heteroatoms. The Morgan fingerprint density at radius 1 is 1.03 bits per heavy atom. The van der Waals surface area contributed by atoms with Crippen molar-refractivity contribution >= 4 is 5.97 Å². The maximum absolute atomic E-state index is 15.9. The predicted molar refractivity (Wildman–Crippen MR) is 145 cm³/mol. The van der Waals surface area contributed by atoms with Gasteiger partial charge < -0.3 is 14.6 Å². The van der Waals surface area contributed by atoms with Crippen molar-refractivity contribution in [2.75, 3.05) is 7.11 Å². The topological polar surface area (TPSA) is 55.8 Å². The Morgan fingerprint density at radius 2 is 1.82 bits per heavy atom. The molecule has 0 bridgehead atoms. The van der Waals surface area contributed by atoms with Crippen LogP contribution in [-0.2, 0) is 23.2 Å². The SMILES string of the molecule is COc1ccc(F)c(-c2c(F)cc(COc3ccc4c(c3)[C@]3(CC4)C[C@H]3C(=O)O)cc2C2CCCC2(C)C)c1. The minimum atomic E-state index is -0.737. The van der Waals surface area contributed by atoms with Gasteiger partial charge in [-0.05, 0) is 102 Å². The van der Waals surface area contributed by atoms with Gasteiger partial charge in [0.2, 0.25) is 0 Å². The fourth-order valence-corrected chi connectivity index (χ4v) is 7.24. The number of carboxylic acids is 1. The second kappa shape index (κ2) is 9.35. The zero-order valence-corrected chi connectivity index (χ0v) is 22.7. The number of carboxylic acid groups (broad SMARTS) is 1. The third kappa shape index (κ3) is 4.38. The van der Waals surface area contributed by atoms with E-state index >= 15 is 8.78 Å². The van der Waals surface area contributed by atoms with Crippen LogP contribution in [0.5, 0.6) is 11.5 Å².